The van der Waals surface area contributed by atoms with Crippen LogP contribution in [0.5, 0.6) is 0 Å². The number of hydrogen-bond donors (Lipinski definition) is 2. The fourth-order valence-corrected chi connectivity index (χ4v) is 3.38. The molecule has 0 spiro atoms. The van der Waals surface area contributed by atoms with Gasteiger partial charge in [0.15, 0.2) is 0 Å². The van der Waals surface area contributed by atoms with E-state index >= 15 is 0 Å². The number of benzene rings is 2. The first kappa shape index (κ1) is 14.5. The Morgan fingerprint density at radius 1 is 1.19 bits per heavy atom. The minimum Gasteiger partial charge on any atom is -0.388 e. The molecule has 0 radical (unpaired) electrons. The van der Waals surface area contributed by atoms with E-state index in [1.165, 1.54) is 17.2 Å². The van der Waals surface area contributed by atoms with Gasteiger partial charge in [0.05, 0.1) is 6.10 Å². The SMILES string of the molecule is NCC1(C(O)c2ccc(Cl)cc2F)Cc2ccccc2C1. The second kappa shape index (κ2) is 5.41. The number of halogens is 2. The van der Waals surface area contributed by atoms with Gasteiger partial charge in [0.1, 0.15) is 5.82 Å². The molecule has 0 saturated heterocycles. The molecule has 0 saturated carbocycles. The van der Waals surface area contributed by atoms with Crippen LogP contribution in [0.4, 0.5) is 4.39 Å². The van der Waals surface area contributed by atoms with Crippen molar-refractivity contribution >= 4 is 11.6 Å². The predicted octanol–water partition coefficient (Wildman–Crippen LogP) is 3.26. The molecule has 2 nitrogen and oxygen atoms in total. The highest BCUT2D eigenvalue weighted by Crippen LogP contribution is 2.45. The van der Waals surface area contributed by atoms with E-state index in [-0.39, 0.29) is 5.56 Å². The first-order valence-corrected chi connectivity index (χ1v) is 7.33. The normalized spacial score (nSPS) is 17.5. The standard InChI is InChI=1S/C17H17ClFNO/c18-13-5-6-14(15(19)7-13)16(21)17(10-20)8-11-3-1-2-4-12(11)9-17/h1-7,16,21H,8-10,20H2. The molecule has 2 aromatic rings. The van der Waals surface area contributed by atoms with Crippen molar-refractivity contribution in [2.75, 3.05) is 6.54 Å². The van der Waals surface area contributed by atoms with Crippen LogP contribution in [0.15, 0.2) is 42.5 Å². The van der Waals surface area contributed by atoms with Crippen molar-refractivity contribution in [3.8, 4) is 0 Å². The number of aliphatic hydroxyl groups excluding tert-OH is 1. The Morgan fingerprint density at radius 2 is 1.81 bits per heavy atom. The Balaban J connectivity index is 1.98. The van der Waals surface area contributed by atoms with E-state index in [0.717, 1.165) is 0 Å². The molecule has 3 N–H and O–H groups in total. The number of aliphatic hydroxyl groups is 1. The largest absolute Gasteiger partial charge is 0.388 e. The smallest absolute Gasteiger partial charge is 0.130 e. The van der Waals surface area contributed by atoms with E-state index in [0.29, 0.717) is 24.4 Å². The zero-order valence-corrected chi connectivity index (χ0v) is 12.3. The topological polar surface area (TPSA) is 46.2 Å². The zero-order valence-electron chi connectivity index (χ0n) is 11.5. The monoisotopic (exact) mass is 305 g/mol. The molecular formula is C17H17ClFNO. The molecule has 0 fully saturated rings. The maximum atomic E-state index is 14.1. The summed E-state index contributed by atoms with van der Waals surface area (Å²) >= 11 is 5.78. The van der Waals surface area contributed by atoms with Crippen molar-refractivity contribution in [3.05, 3.63) is 70.0 Å². The number of fused-ring (bicyclic) bond motifs is 1. The lowest BCUT2D eigenvalue weighted by atomic mass is 9.76. The minimum absolute atomic E-state index is 0.262. The van der Waals surface area contributed by atoms with E-state index in [9.17, 15) is 9.50 Å². The van der Waals surface area contributed by atoms with Crippen LogP contribution in [0, 0.1) is 11.2 Å². The molecule has 1 aliphatic carbocycles. The summed E-state index contributed by atoms with van der Waals surface area (Å²) in [4.78, 5) is 0. The first-order valence-electron chi connectivity index (χ1n) is 6.95. The lowest BCUT2D eigenvalue weighted by Crippen LogP contribution is -2.38. The van der Waals surface area contributed by atoms with Gasteiger partial charge in [-0.05, 0) is 36.1 Å². The van der Waals surface area contributed by atoms with Crippen LogP contribution in [0.2, 0.25) is 5.02 Å². The van der Waals surface area contributed by atoms with Gasteiger partial charge in [-0.25, -0.2) is 4.39 Å². The Kier molecular flexibility index (Phi) is 3.74. The molecule has 21 heavy (non-hydrogen) atoms. The third kappa shape index (κ3) is 2.46. The number of rotatable bonds is 3. The maximum absolute atomic E-state index is 14.1. The van der Waals surface area contributed by atoms with E-state index in [1.54, 1.807) is 12.1 Å². The summed E-state index contributed by atoms with van der Waals surface area (Å²) in [6.45, 7) is 0.297. The Morgan fingerprint density at radius 3 is 2.33 bits per heavy atom. The molecule has 2 aromatic carbocycles. The second-order valence-corrected chi connectivity index (χ2v) is 6.19. The number of nitrogens with two attached hydrogens (primary N) is 1. The Hall–Kier alpha value is -1.42. The first-order chi connectivity index (χ1) is 10.1. The molecule has 3 rings (SSSR count). The van der Waals surface area contributed by atoms with Crippen LogP contribution in [0.1, 0.15) is 22.8 Å². The fraction of sp³-hybridized carbons (Fsp3) is 0.294. The van der Waals surface area contributed by atoms with Crippen LogP contribution in [0.25, 0.3) is 0 Å². The molecule has 0 aromatic heterocycles. The summed E-state index contributed by atoms with van der Waals surface area (Å²) in [5.74, 6) is -0.487. The van der Waals surface area contributed by atoms with E-state index < -0.39 is 17.3 Å². The van der Waals surface area contributed by atoms with Crippen LogP contribution in [-0.2, 0) is 12.8 Å². The van der Waals surface area contributed by atoms with Crippen molar-refractivity contribution in [2.45, 2.75) is 18.9 Å². The van der Waals surface area contributed by atoms with Crippen molar-refractivity contribution < 1.29 is 9.50 Å². The van der Waals surface area contributed by atoms with E-state index in [2.05, 4.69) is 0 Å². The summed E-state index contributed by atoms with van der Waals surface area (Å²) in [5, 5.41) is 11.1. The van der Waals surface area contributed by atoms with Gasteiger partial charge in [-0.3, -0.25) is 0 Å². The Labute approximate surface area is 128 Å². The summed E-state index contributed by atoms with van der Waals surface area (Å²) in [6, 6.07) is 12.4. The van der Waals surface area contributed by atoms with Gasteiger partial charge in [0, 0.05) is 22.5 Å². The van der Waals surface area contributed by atoms with Gasteiger partial charge in [-0.2, -0.15) is 0 Å². The third-order valence-corrected chi connectivity index (χ3v) is 4.68. The summed E-state index contributed by atoms with van der Waals surface area (Å²) in [7, 11) is 0. The zero-order chi connectivity index (χ0) is 15.0. The molecule has 110 valence electrons. The minimum atomic E-state index is -0.952. The average Bonchev–Trinajstić information content (AvgIpc) is 2.86. The van der Waals surface area contributed by atoms with Gasteiger partial charge in [-0.15, -0.1) is 0 Å². The van der Waals surface area contributed by atoms with Crippen LogP contribution in [-0.4, -0.2) is 11.7 Å². The average molecular weight is 306 g/mol. The van der Waals surface area contributed by atoms with E-state index in [1.807, 2.05) is 24.3 Å². The summed E-state index contributed by atoms with van der Waals surface area (Å²) < 4.78 is 14.1. The van der Waals surface area contributed by atoms with Gasteiger partial charge in [-0.1, -0.05) is 41.9 Å². The molecule has 0 amide bonds. The maximum Gasteiger partial charge on any atom is 0.130 e. The molecular weight excluding hydrogens is 289 g/mol. The third-order valence-electron chi connectivity index (χ3n) is 4.45. The quantitative estimate of drug-likeness (QED) is 0.914. The molecule has 0 aliphatic heterocycles. The van der Waals surface area contributed by atoms with Crippen molar-refractivity contribution in [1.82, 2.24) is 0 Å². The molecule has 1 aliphatic rings. The molecule has 1 unspecified atom stereocenters. The van der Waals surface area contributed by atoms with Crippen molar-refractivity contribution in [1.29, 1.82) is 0 Å². The van der Waals surface area contributed by atoms with Crippen LogP contribution < -0.4 is 5.73 Å². The van der Waals surface area contributed by atoms with Crippen LogP contribution in [0.3, 0.4) is 0 Å². The van der Waals surface area contributed by atoms with Gasteiger partial charge in [0.2, 0.25) is 0 Å². The van der Waals surface area contributed by atoms with Crippen molar-refractivity contribution in [3.63, 3.8) is 0 Å². The lowest BCUT2D eigenvalue weighted by Gasteiger charge is -2.33. The molecule has 0 bridgehead atoms. The summed E-state index contributed by atoms with van der Waals surface area (Å²) in [5.41, 5.74) is 8.02. The number of hydrogen-bond acceptors (Lipinski definition) is 2. The molecule has 4 heteroatoms. The predicted molar refractivity (Wildman–Crippen MR) is 81.7 cm³/mol. The Bertz CT molecular complexity index is 649. The van der Waals surface area contributed by atoms with Crippen LogP contribution >= 0.6 is 11.6 Å². The molecule has 0 heterocycles. The van der Waals surface area contributed by atoms with Crippen molar-refractivity contribution in [2.24, 2.45) is 11.1 Å². The second-order valence-electron chi connectivity index (χ2n) is 5.76. The van der Waals surface area contributed by atoms with E-state index in [4.69, 9.17) is 17.3 Å². The highest BCUT2D eigenvalue weighted by atomic mass is 35.5. The van der Waals surface area contributed by atoms with Gasteiger partial charge >= 0.3 is 0 Å². The summed E-state index contributed by atoms with van der Waals surface area (Å²) in [6.07, 6.45) is 0.360. The molecule has 1 atom stereocenters. The fourth-order valence-electron chi connectivity index (χ4n) is 3.23. The highest BCUT2D eigenvalue weighted by molar-refractivity contribution is 6.30. The highest BCUT2D eigenvalue weighted by Gasteiger charge is 2.43. The van der Waals surface area contributed by atoms with Gasteiger partial charge < -0.3 is 10.8 Å². The lowest BCUT2D eigenvalue weighted by molar-refractivity contribution is 0.0330. The van der Waals surface area contributed by atoms with Gasteiger partial charge in [0.25, 0.3) is 0 Å².